The van der Waals surface area contributed by atoms with Gasteiger partial charge in [-0.2, -0.15) is 5.10 Å². The summed E-state index contributed by atoms with van der Waals surface area (Å²) >= 11 is 0. The van der Waals surface area contributed by atoms with Gasteiger partial charge in [0.15, 0.2) is 0 Å². The lowest BCUT2D eigenvalue weighted by atomic mass is 10.1. The summed E-state index contributed by atoms with van der Waals surface area (Å²) in [7, 11) is 0. The Morgan fingerprint density at radius 2 is 2.22 bits per heavy atom. The number of nitrogens with zero attached hydrogens (tertiary/aromatic N) is 2. The Morgan fingerprint density at radius 3 is 2.78 bits per heavy atom. The van der Waals surface area contributed by atoms with E-state index in [1.165, 1.54) is 11.3 Å². The van der Waals surface area contributed by atoms with Crippen molar-refractivity contribution >= 4 is 0 Å². The van der Waals surface area contributed by atoms with Gasteiger partial charge < -0.3 is 10.4 Å². The molecular formula is C14H23N3O. The fourth-order valence-corrected chi connectivity index (χ4v) is 2.59. The van der Waals surface area contributed by atoms with Crippen LogP contribution in [-0.4, -0.2) is 27.5 Å². The topological polar surface area (TPSA) is 50.1 Å². The van der Waals surface area contributed by atoms with Crippen molar-refractivity contribution in [1.82, 2.24) is 15.1 Å². The summed E-state index contributed by atoms with van der Waals surface area (Å²) in [6.45, 7) is 8.33. The second kappa shape index (κ2) is 5.67. The van der Waals surface area contributed by atoms with Gasteiger partial charge in [-0.15, -0.1) is 0 Å². The van der Waals surface area contributed by atoms with E-state index in [1.807, 2.05) is 4.68 Å². The predicted molar refractivity (Wildman–Crippen MR) is 72.3 cm³/mol. The fourth-order valence-electron chi connectivity index (χ4n) is 2.59. The van der Waals surface area contributed by atoms with Crippen LogP contribution in [0.25, 0.3) is 0 Å². The van der Waals surface area contributed by atoms with E-state index < -0.39 is 0 Å². The van der Waals surface area contributed by atoms with Crippen LogP contribution in [0, 0.1) is 19.8 Å². The summed E-state index contributed by atoms with van der Waals surface area (Å²) in [5.74, 6) is 0.322. The van der Waals surface area contributed by atoms with Gasteiger partial charge in [0.25, 0.3) is 0 Å². The first-order valence-electron chi connectivity index (χ1n) is 6.71. The molecule has 1 aliphatic rings. The highest BCUT2D eigenvalue weighted by Gasteiger charge is 2.18. The lowest BCUT2D eigenvalue weighted by Crippen LogP contribution is -2.26. The molecule has 1 aliphatic carbocycles. The molecule has 18 heavy (non-hydrogen) atoms. The monoisotopic (exact) mass is 249 g/mol. The molecule has 100 valence electrons. The Balaban J connectivity index is 1.95. The number of aliphatic hydroxyl groups excluding tert-OH is 1. The molecule has 2 N–H and O–H groups in total. The molecule has 0 unspecified atom stereocenters. The van der Waals surface area contributed by atoms with Gasteiger partial charge in [0.05, 0.1) is 5.69 Å². The van der Waals surface area contributed by atoms with E-state index >= 15 is 0 Å². The molecule has 1 heterocycles. The van der Waals surface area contributed by atoms with E-state index in [4.69, 9.17) is 5.11 Å². The van der Waals surface area contributed by atoms with Gasteiger partial charge in [-0.25, -0.2) is 0 Å². The molecule has 4 nitrogen and oxygen atoms in total. The van der Waals surface area contributed by atoms with E-state index in [0.29, 0.717) is 12.0 Å². The molecule has 4 heteroatoms. The van der Waals surface area contributed by atoms with Crippen molar-refractivity contribution in [3.8, 4) is 0 Å². The first kappa shape index (κ1) is 13.3. The van der Waals surface area contributed by atoms with Gasteiger partial charge in [0.2, 0.25) is 0 Å². The molecule has 1 aromatic rings. The highest BCUT2D eigenvalue weighted by molar-refractivity contribution is 5.24. The van der Waals surface area contributed by atoms with Crippen LogP contribution in [0.5, 0.6) is 0 Å². The van der Waals surface area contributed by atoms with E-state index in [0.717, 1.165) is 25.2 Å². The standard InChI is InChI=1S/C14H23N3O/c1-4-17-11(3)14(10(2)16-17)8-15-13-6-5-12(7-13)9-18/h5-6,12-13,15,18H,4,7-9H2,1-3H3/t12-,13+/m0/s1. The zero-order chi connectivity index (χ0) is 13.1. The van der Waals surface area contributed by atoms with Crippen LogP contribution in [0.4, 0.5) is 0 Å². The number of aryl methyl sites for hydroxylation is 2. The van der Waals surface area contributed by atoms with E-state index in [-0.39, 0.29) is 6.61 Å². The fraction of sp³-hybridized carbons (Fsp3) is 0.643. The molecule has 0 saturated carbocycles. The number of aromatic nitrogens is 2. The third-order valence-electron chi connectivity index (χ3n) is 3.78. The second-order valence-electron chi connectivity index (χ2n) is 5.02. The third kappa shape index (κ3) is 2.65. The average Bonchev–Trinajstić information content (AvgIpc) is 2.93. The van der Waals surface area contributed by atoms with Gasteiger partial charge in [-0.3, -0.25) is 4.68 Å². The number of hydrogen-bond acceptors (Lipinski definition) is 3. The number of hydrogen-bond donors (Lipinski definition) is 2. The maximum Gasteiger partial charge on any atom is 0.0641 e. The zero-order valence-corrected chi connectivity index (χ0v) is 11.5. The Labute approximate surface area is 109 Å². The lowest BCUT2D eigenvalue weighted by molar-refractivity contribution is 0.246. The second-order valence-corrected chi connectivity index (χ2v) is 5.02. The molecule has 0 fully saturated rings. The quantitative estimate of drug-likeness (QED) is 0.778. The SMILES string of the molecule is CCn1nc(C)c(CN[C@@H]2C=C[C@H](CO)C2)c1C. The summed E-state index contributed by atoms with van der Waals surface area (Å²) in [4.78, 5) is 0. The van der Waals surface area contributed by atoms with Crippen LogP contribution in [0.2, 0.25) is 0 Å². The van der Waals surface area contributed by atoms with E-state index in [2.05, 4.69) is 43.3 Å². The predicted octanol–water partition coefficient (Wildman–Crippen LogP) is 1.55. The maximum absolute atomic E-state index is 9.10. The maximum atomic E-state index is 9.10. The molecule has 0 aliphatic heterocycles. The first-order valence-corrected chi connectivity index (χ1v) is 6.71. The van der Waals surface area contributed by atoms with Gasteiger partial charge in [-0.05, 0) is 27.2 Å². The number of rotatable bonds is 5. The highest BCUT2D eigenvalue weighted by Crippen LogP contribution is 2.19. The smallest absolute Gasteiger partial charge is 0.0641 e. The summed E-state index contributed by atoms with van der Waals surface area (Å²) in [5, 5.41) is 17.2. The minimum atomic E-state index is 0.250. The Bertz CT molecular complexity index is 436. The van der Waals surface area contributed by atoms with Gasteiger partial charge >= 0.3 is 0 Å². The Hall–Kier alpha value is -1.13. The molecular weight excluding hydrogens is 226 g/mol. The molecule has 0 spiro atoms. The number of aliphatic hydroxyl groups is 1. The van der Waals surface area contributed by atoms with Crippen molar-refractivity contribution in [2.75, 3.05) is 6.61 Å². The van der Waals surface area contributed by atoms with Crippen LogP contribution in [0.15, 0.2) is 12.2 Å². The third-order valence-corrected chi connectivity index (χ3v) is 3.78. The molecule has 0 amide bonds. The van der Waals surface area contributed by atoms with Crippen LogP contribution < -0.4 is 5.32 Å². The van der Waals surface area contributed by atoms with Gasteiger partial charge in [-0.1, -0.05) is 12.2 Å². The molecule has 1 aromatic heterocycles. The Morgan fingerprint density at radius 1 is 1.44 bits per heavy atom. The summed E-state index contributed by atoms with van der Waals surface area (Å²) in [6.07, 6.45) is 5.26. The molecule has 2 atom stereocenters. The van der Waals surface area contributed by atoms with Crippen molar-refractivity contribution in [1.29, 1.82) is 0 Å². The van der Waals surface area contributed by atoms with Gasteiger partial charge in [0, 0.05) is 42.9 Å². The largest absolute Gasteiger partial charge is 0.396 e. The van der Waals surface area contributed by atoms with Crippen molar-refractivity contribution in [3.05, 3.63) is 29.1 Å². The summed E-state index contributed by atoms with van der Waals surface area (Å²) < 4.78 is 2.05. The highest BCUT2D eigenvalue weighted by atomic mass is 16.3. The van der Waals surface area contributed by atoms with Crippen LogP contribution in [-0.2, 0) is 13.1 Å². The van der Waals surface area contributed by atoms with E-state index in [1.54, 1.807) is 0 Å². The van der Waals surface area contributed by atoms with E-state index in [9.17, 15) is 0 Å². The summed E-state index contributed by atoms with van der Waals surface area (Å²) in [5.41, 5.74) is 3.67. The normalized spacial score (nSPS) is 22.9. The van der Waals surface area contributed by atoms with Crippen LogP contribution >= 0.6 is 0 Å². The number of nitrogens with one attached hydrogen (secondary N) is 1. The van der Waals surface area contributed by atoms with Crippen molar-refractivity contribution in [2.24, 2.45) is 5.92 Å². The molecule has 2 rings (SSSR count). The molecule has 0 saturated heterocycles. The zero-order valence-electron chi connectivity index (χ0n) is 11.5. The average molecular weight is 249 g/mol. The lowest BCUT2D eigenvalue weighted by Gasteiger charge is -2.13. The molecule has 0 radical (unpaired) electrons. The van der Waals surface area contributed by atoms with Crippen LogP contribution in [0.3, 0.4) is 0 Å². The van der Waals surface area contributed by atoms with Gasteiger partial charge in [0.1, 0.15) is 0 Å². The molecule has 0 aromatic carbocycles. The Kier molecular flexibility index (Phi) is 4.19. The van der Waals surface area contributed by atoms with Crippen molar-refractivity contribution < 1.29 is 5.11 Å². The first-order chi connectivity index (χ1) is 8.65. The summed E-state index contributed by atoms with van der Waals surface area (Å²) in [6, 6.07) is 0.380. The minimum absolute atomic E-state index is 0.250. The minimum Gasteiger partial charge on any atom is -0.396 e. The molecule has 0 bridgehead atoms. The van der Waals surface area contributed by atoms with Crippen LogP contribution in [0.1, 0.15) is 30.3 Å². The van der Waals surface area contributed by atoms with Crippen molar-refractivity contribution in [2.45, 2.75) is 46.3 Å². The van der Waals surface area contributed by atoms with Crippen molar-refractivity contribution in [3.63, 3.8) is 0 Å².